The van der Waals surface area contributed by atoms with Gasteiger partial charge in [0.25, 0.3) is 0 Å². The van der Waals surface area contributed by atoms with Crippen molar-refractivity contribution < 1.29 is 19.0 Å². The van der Waals surface area contributed by atoms with Crippen LogP contribution in [0.2, 0.25) is 0 Å². The van der Waals surface area contributed by atoms with Gasteiger partial charge >= 0.3 is 5.97 Å². The molecule has 1 atom stereocenters. The largest absolute Gasteiger partial charge is 0.454 e. The summed E-state index contributed by atoms with van der Waals surface area (Å²) in [6, 6.07) is 0. The van der Waals surface area contributed by atoms with Crippen LogP contribution >= 0.6 is 22.6 Å². The minimum atomic E-state index is -0.930. The van der Waals surface area contributed by atoms with Gasteiger partial charge in [0.15, 0.2) is 0 Å². The molecular formula is C16H23IO4. The number of rotatable bonds is 9. The molecule has 1 unspecified atom stereocenters. The summed E-state index contributed by atoms with van der Waals surface area (Å²) in [5, 5.41) is 0. The van der Waals surface area contributed by atoms with Crippen molar-refractivity contribution in [2.24, 2.45) is 0 Å². The molecule has 0 amide bonds. The lowest BCUT2D eigenvalue weighted by molar-refractivity contribution is -0.221. The van der Waals surface area contributed by atoms with Gasteiger partial charge in [0.2, 0.25) is 5.79 Å². The molecule has 1 aliphatic carbocycles. The molecule has 0 aromatic carbocycles. The fourth-order valence-corrected chi connectivity index (χ4v) is 2.38. The van der Waals surface area contributed by atoms with Crippen LogP contribution in [0.15, 0.2) is 34.0 Å². The fraction of sp³-hybridized carbons (Fsp3) is 0.562. The third kappa shape index (κ3) is 4.66. The summed E-state index contributed by atoms with van der Waals surface area (Å²) >= 11 is 2.17. The van der Waals surface area contributed by atoms with Gasteiger partial charge in [0.05, 0.1) is 5.57 Å². The summed E-state index contributed by atoms with van der Waals surface area (Å²) in [4.78, 5) is 12.3. The molecule has 1 aliphatic rings. The molecule has 118 valence electrons. The highest BCUT2D eigenvalue weighted by molar-refractivity contribution is 14.1. The second-order valence-corrected chi connectivity index (χ2v) is 5.40. The van der Waals surface area contributed by atoms with Crippen LogP contribution in [0.25, 0.3) is 0 Å². The first-order valence-electron chi connectivity index (χ1n) is 7.10. The molecule has 21 heavy (non-hydrogen) atoms. The highest BCUT2D eigenvalue weighted by Gasteiger charge is 2.46. The van der Waals surface area contributed by atoms with Crippen molar-refractivity contribution >= 4 is 28.6 Å². The van der Waals surface area contributed by atoms with E-state index >= 15 is 0 Å². The van der Waals surface area contributed by atoms with E-state index in [0.717, 1.165) is 5.57 Å². The van der Waals surface area contributed by atoms with Crippen molar-refractivity contribution in [2.75, 3.05) is 13.2 Å². The highest BCUT2D eigenvalue weighted by atomic mass is 127. The Morgan fingerprint density at radius 3 is 2.48 bits per heavy atom. The van der Waals surface area contributed by atoms with E-state index in [1.807, 2.05) is 24.9 Å². The SMILES string of the molecule is C=CC(C/C(C)=C\I)OC(=O)C1=CCC1(OCC)OCC. The normalized spacial score (nSPS) is 18.5. The number of hydrogen-bond donors (Lipinski definition) is 0. The predicted octanol–water partition coefficient (Wildman–Crippen LogP) is 3.91. The van der Waals surface area contributed by atoms with Crippen LogP contribution in [0, 0.1) is 0 Å². The van der Waals surface area contributed by atoms with E-state index in [-0.39, 0.29) is 6.10 Å². The molecule has 0 bridgehead atoms. The molecule has 5 heteroatoms. The molecule has 0 radical (unpaired) electrons. The van der Waals surface area contributed by atoms with E-state index in [9.17, 15) is 4.79 Å². The molecule has 0 aromatic heterocycles. The molecule has 0 N–H and O–H groups in total. The molecule has 0 aliphatic heterocycles. The van der Waals surface area contributed by atoms with Crippen LogP contribution in [0.4, 0.5) is 0 Å². The van der Waals surface area contributed by atoms with Gasteiger partial charge < -0.3 is 14.2 Å². The monoisotopic (exact) mass is 406 g/mol. The first-order chi connectivity index (χ1) is 10.0. The van der Waals surface area contributed by atoms with Crippen LogP contribution in [0.1, 0.15) is 33.6 Å². The van der Waals surface area contributed by atoms with Crippen molar-refractivity contribution in [1.82, 2.24) is 0 Å². The number of carbonyl (C=O) groups is 1. The lowest BCUT2D eigenvalue weighted by Crippen LogP contribution is -2.47. The predicted molar refractivity (Wildman–Crippen MR) is 91.2 cm³/mol. The molecule has 0 fully saturated rings. The van der Waals surface area contributed by atoms with Crippen molar-refractivity contribution in [3.8, 4) is 0 Å². The summed E-state index contributed by atoms with van der Waals surface area (Å²) < 4.78 is 18.7. The Morgan fingerprint density at radius 2 is 2.10 bits per heavy atom. The molecule has 4 nitrogen and oxygen atoms in total. The Balaban J connectivity index is 2.72. The third-order valence-electron chi connectivity index (χ3n) is 3.19. The van der Waals surface area contributed by atoms with Gasteiger partial charge in [0.1, 0.15) is 6.10 Å². The van der Waals surface area contributed by atoms with Crippen LogP contribution < -0.4 is 0 Å². The van der Waals surface area contributed by atoms with Gasteiger partial charge in [-0.05, 0) is 24.9 Å². The summed E-state index contributed by atoms with van der Waals surface area (Å²) in [5.41, 5.74) is 1.59. The maximum atomic E-state index is 12.3. The topological polar surface area (TPSA) is 44.8 Å². The van der Waals surface area contributed by atoms with Gasteiger partial charge in [0, 0.05) is 26.1 Å². The fourth-order valence-electron chi connectivity index (χ4n) is 2.13. The van der Waals surface area contributed by atoms with E-state index in [4.69, 9.17) is 14.2 Å². The van der Waals surface area contributed by atoms with E-state index in [1.165, 1.54) is 0 Å². The van der Waals surface area contributed by atoms with Crippen LogP contribution in [0.3, 0.4) is 0 Å². The number of carbonyl (C=O) groups excluding carboxylic acids is 1. The first-order valence-corrected chi connectivity index (χ1v) is 8.35. The van der Waals surface area contributed by atoms with E-state index in [0.29, 0.717) is 31.6 Å². The van der Waals surface area contributed by atoms with Crippen molar-refractivity contribution in [1.29, 1.82) is 0 Å². The minimum absolute atomic E-state index is 0.342. The van der Waals surface area contributed by atoms with Crippen molar-refractivity contribution in [3.05, 3.63) is 34.0 Å². The maximum absolute atomic E-state index is 12.3. The zero-order valence-electron chi connectivity index (χ0n) is 12.9. The van der Waals surface area contributed by atoms with Crippen molar-refractivity contribution in [2.45, 2.75) is 45.5 Å². The summed E-state index contributed by atoms with van der Waals surface area (Å²) in [5.74, 6) is -1.32. The van der Waals surface area contributed by atoms with Gasteiger partial charge in [-0.2, -0.15) is 0 Å². The maximum Gasteiger partial charge on any atom is 0.339 e. The molecule has 0 heterocycles. The van der Waals surface area contributed by atoms with Gasteiger partial charge in [-0.1, -0.05) is 46.9 Å². The zero-order chi connectivity index (χ0) is 15.9. The Bertz CT molecular complexity index is 434. The molecule has 0 saturated heterocycles. The minimum Gasteiger partial charge on any atom is -0.454 e. The number of esters is 1. The lowest BCUT2D eigenvalue weighted by Gasteiger charge is -2.39. The standard InChI is InChI=1S/C16H23IO4/c1-5-13(10-12(4)11-17)21-15(18)14-8-9-16(14,19-6-2)20-7-3/h5,8,11,13H,1,6-7,9-10H2,2-4H3/b12-11-. The highest BCUT2D eigenvalue weighted by Crippen LogP contribution is 2.38. The Morgan fingerprint density at radius 1 is 1.48 bits per heavy atom. The average molecular weight is 406 g/mol. The molecule has 0 aromatic rings. The van der Waals surface area contributed by atoms with E-state index < -0.39 is 11.8 Å². The lowest BCUT2D eigenvalue weighted by atomic mass is 9.90. The average Bonchev–Trinajstić information content (AvgIpc) is 2.44. The Kier molecular flexibility index (Phi) is 7.62. The van der Waals surface area contributed by atoms with Crippen LogP contribution in [-0.4, -0.2) is 31.1 Å². The molecular weight excluding hydrogens is 383 g/mol. The molecule has 0 saturated carbocycles. The van der Waals surface area contributed by atoms with E-state index in [2.05, 4.69) is 29.2 Å². The second-order valence-electron chi connectivity index (χ2n) is 4.78. The molecule has 1 rings (SSSR count). The Hall–Kier alpha value is -0.660. The molecule has 0 spiro atoms. The number of hydrogen-bond acceptors (Lipinski definition) is 4. The third-order valence-corrected chi connectivity index (χ3v) is 4.25. The Labute approximate surface area is 140 Å². The van der Waals surface area contributed by atoms with Gasteiger partial charge in [-0.25, -0.2) is 4.79 Å². The summed E-state index contributed by atoms with van der Waals surface area (Å²) in [7, 11) is 0. The van der Waals surface area contributed by atoms with Crippen molar-refractivity contribution in [3.63, 3.8) is 0 Å². The summed E-state index contributed by atoms with van der Waals surface area (Å²) in [6.07, 6.45) is 4.32. The quantitative estimate of drug-likeness (QED) is 0.252. The second kappa shape index (κ2) is 8.70. The summed E-state index contributed by atoms with van der Waals surface area (Å²) in [6.45, 7) is 10.4. The number of ether oxygens (including phenoxy) is 3. The van der Waals surface area contributed by atoms with Gasteiger partial charge in [-0.3, -0.25) is 0 Å². The zero-order valence-corrected chi connectivity index (χ0v) is 15.0. The van der Waals surface area contributed by atoms with Crippen LogP contribution in [-0.2, 0) is 19.0 Å². The van der Waals surface area contributed by atoms with Gasteiger partial charge in [-0.15, -0.1) is 0 Å². The number of halogens is 1. The smallest absolute Gasteiger partial charge is 0.339 e. The first kappa shape index (κ1) is 18.4. The van der Waals surface area contributed by atoms with Crippen LogP contribution in [0.5, 0.6) is 0 Å². The van der Waals surface area contributed by atoms with E-state index in [1.54, 1.807) is 12.2 Å².